The topological polar surface area (TPSA) is 53.8 Å². The van der Waals surface area contributed by atoms with Crippen molar-refractivity contribution in [1.82, 2.24) is 19.4 Å². The largest absolute Gasteiger partial charge is 0.491 e. The molecular weight excluding hydrogens is 376 g/mol. The number of rotatable bonds is 11. The summed E-state index contributed by atoms with van der Waals surface area (Å²) in [5.74, 6) is 1.92. The van der Waals surface area contributed by atoms with E-state index in [-0.39, 0.29) is 0 Å². The number of nitrogens with zero attached hydrogens (tertiary/aromatic N) is 4. The summed E-state index contributed by atoms with van der Waals surface area (Å²) in [6.45, 7) is 5.58. The van der Waals surface area contributed by atoms with Gasteiger partial charge in [-0.3, -0.25) is 4.90 Å². The molecule has 0 spiro atoms. The lowest BCUT2D eigenvalue weighted by Crippen LogP contribution is -2.40. The molecule has 1 atom stereocenters. The van der Waals surface area contributed by atoms with E-state index in [1.165, 1.54) is 32.1 Å². The van der Waals surface area contributed by atoms with Gasteiger partial charge in [-0.15, -0.1) is 0 Å². The highest BCUT2D eigenvalue weighted by Crippen LogP contribution is 2.23. The maximum Gasteiger partial charge on any atom is 0.123 e. The van der Waals surface area contributed by atoms with Crippen molar-refractivity contribution in [2.24, 2.45) is 0 Å². The Morgan fingerprint density at radius 3 is 2.70 bits per heavy atom. The minimum Gasteiger partial charge on any atom is -0.491 e. The zero-order valence-electron chi connectivity index (χ0n) is 18.8. The van der Waals surface area contributed by atoms with Gasteiger partial charge >= 0.3 is 0 Å². The summed E-state index contributed by atoms with van der Waals surface area (Å²) in [4.78, 5) is 9.02. The van der Waals surface area contributed by atoms with Crippen LogP contribution < -0.4 is 4.74 Å². The predicted molar refractivity (Wildman–Crippen MR) is 121 cm³/mol. The van der Waals surface area contributed by atoms with E-state index in [0.29, 0.717) is 19.2 Å². The molecule has 6 nitrogen and oxygen atoms in total. The van der Waals surface area contributed by atoms with Crippen LogP contribution in [0.25, 0.3) is 0 Å². The van der Waals surface area contributed by atoms with E-state index in [4.69, 9.17) is 4.74 Å². The molecule has 1 saturated carbocycles. The maximum atomic E-state index is 10.5. The van der Waals surface area contributed by atoms with E-state index in [1.807, 2.05) is 30.6 Å². The monoisotopic (exact) mass is 414 g/mol. The van der Waals surface area contributed by atoms with Gasteiger partial charge in [-0.1, -0.05) is 37.5 Å². The highest BCUT2D eigenvalue weighted by Gasteiger charge is 2.20. The molecule has 1 aromatic heterocycles. The molecule has 0 unspecified atom stereocenters. The molecule has 0 amide bonds. The fourth-order valence-corrected chi connectivity index (χ4v) is 4.38. The third kappa shape index (κ3) is 6.56. The minimum atomic E-state index is -0.486. The Hall–Kier alpha value is -1.89. The molecule has 166 valence electrons. The van der Waals surface area contributed by atoms with Crippen LogP contribution in [0.4, 0.5) is 0 Å². The molecule has 0 saturated heterocycles. The second kappa shape index (κ2) is 11.5. The number of likely N-dealkylation sites (N-methyl/N-ethyl adjacent to an activating group) is 1. The first-order valence-electron chi connectivity index (χ1n) is 11.3. The standard InChI is InChI=1S/C24H38N4O2/c1-4-28-15-14-25-24(28)18-26(2)16-20-10-8-9-13-23(20)30-19-22(29)17-27(3)21-11-6-5-7-12-21/h8-10,13-15,21-22,29H,4-7,11-12,16-19H2,1-3H3/t22-/m0/s1. The number of aliphatic hydroxyl groups is 1. The van der Waals surface area contributed by atoms with Crippen LogP contribution in [0.3, 0.4) is 0 Å². The number of imidazole rings is 1. The van der Waals surface area contributed by atoms with Gasteiger partial charge in [0, 0.05) is 43.6 Å². The summed E-state index contributed by atoms with van der Waals surface area (Å²) >= 11 is 0. The van der Waals surface area contributed by atoms with Crippen molar-refractivity contribution in [2.75, 3.05) is 27.2 Å². The normalized spacial score (nSPS) is 16.3. The van der Waals surface area contributed by atoms with Crippen molar-refractivity contribution in [1.29, 1.82) is 0 Å². The number of para-hydroxylation sites is 1. The fraction of sp³-hybridized carbons (Fsp3) is 0.625. The third-order valence-electron chi connectivity index (χ3n) is 6.09. The van der Waals surface area contributed by atoms with Crippen LogP contribution in [0, 0.1) is 0 Å². The first-order chi connectivity index (χ1) is 14.6. The molecule has 1 N–H and O–H groups in total. The zero-order valence-corrected chi connectivity index (χ0v) is 18.8. The van der Waals surface area contributed by atoms with E-state index in [9.17, 15) is 5.11 Å². The van der Waals surface area contributed by atoms with Crippen LogP contribution in [-0.2, 0) is 19.6 Å². The van der Waals surface area contributed by atoms with Crippen LogP contribution >= 0.6 is 0 Å². The van der Waals surface area contributed by atoms with E-state index in [1.54, 1.807) is 0 Å². The van der Waals surface area contributed by atoms with Gasteiger partial charge in [-0.2, -0.15) is 0 Å². The Morgan fingerprint density at radius 1 is 1.17 bits per heavy atom. The Bertz CT molecular complexity index is 757. The van der Waals surface area contributed by atoms with Crippen molar-refractivity contribution in [3.8, 4) is 5.75 Å². The van der Waals surface area contributed by atoms with Gasteiger partial charge in [0.2, 0.25) is 0 Å². The molecule has 1 aromatic carbocycles. The molecule has 1 fully saturated rings. The molecule has 2 aromatic rings. The Balaban J connectivity index is 1.50. The molecule has 0 bridgehead atoms. The smallest absolute Gasteiger partial charge is 0.123 e. The van der Waals surface area contributed by atoms with Crippen LogP contribution in [0.5, 0.6) is 5.75 Å². The minimum absolute atomic E-state index is 0.317. The van der Waals surface area contributed by atoms with Crippen molar-refractivity contribution in [3.63, 3.8) is 0 Å². The molecule has 1 aliphatic rings. The lowest BCUT2D eigenvalue weighted by Gasteiger charge is -2.32. The van der Waals surface area contributed by atoms with Gasteiger partial charge in [-0.05, 0) is 39.9 Å². The molecule has 30 heavy (non-hydrogen) atoms. The predicted octanol–water partition coefficient (Wildman–Crippen LogP) is 3.54. The molecule has 3 rings (SSSR count). The molecule has 6 heteroatoms. The lowest BCUT2D eigenvalue weighted by molar-refractivity contribution is 0.0556. The number of aryl methyl sites for hydroxylation is 1. The number of hydrogen-bond acceptors (Lipinski definition) is 5. The van der Waals surface area contributed by atoms with Gasteiger partial charge in [-0.25, -0.2) is 4.98 Å². The summed E-state index contributed by atoms with van der Waals surface area (Å²) in [6.07, 6.45) is 9.84. The SMILES string of the molecule is CCn1ccnc1CN(C)Cc1ccccc1OC[C@@H](O)CN(C)C1CCCCC1. The quantitative estimate of drug-likeness (QED) is 0.610. The number of aliphatic hydroxyl groups excluding tert-OH is 1. The third-order valence-corrected chi connectivity index (χ3v) is 6.09. The maximum absolute atomic E-state index is 10.5. The number of ether oxygens (including phenoxy) is 1. The van der Waals surface area contributed by atoms with Crippen LogP contribution in [0.2, 0.25) is 0 Å². The average molecular weight is 415 g/mol. The van der Waals surface area contributed by atoms with Crippen LogP contribution in [0.15, 0.2) is 36.7 Å². The Labute approximate surface area is 181 Å². The molecular formula is C24H38N4O2. The zero-order chi connectivity index (χ0) is 21.3. The Morgan fingerprint density at radius 2 is 1.93 bits per heavy atom. The number of benzene rings is 1. The van der Waals surface area contributed by atoms with E-state index >= 15 is 0 Å². The van der Waals surface area contributed by atoms with Gasteiger partial charge < -0.3 is 19.3 Å². The fourth-order valence-electron chi connectivity index (χ4n) is 4.38. The van der Waals surface area contributed by atoms with Crippen molar-refractivity contribution < 1.29 is 9.84 Å². The second-order valence-corrected chi connectivity index (χ2v) is 8.61. The number of aromatic nitrogens is 2. The van der Waals surface area contributed by atoms with Gasteiger partial charge in [0.25, 0.3) is 0 Å². The van der Waals surface area contributed by atoms with E-state index in [0.717, 1.165) is 36.8 Å². The second-order valence-electron chi connectivity index (χ2n) is 8.61. The summed E-state index contributed by atoms with van der Waals surface area (Å²) in [5.41, 5.74) is 1.13. The Kier molecular flexibility index (Phi) is 8.73. The lowest BCUT2D eigenvalue weighted by atomic mass is 9.94. The highest BCUT2D eigenvalue weighted by molar-refractivity contribution is 5.33. The molecule has 0 aliphatic heterocycles. The van der Waals surface area contributed by atoms with Gasteiger partial charge in [0.05, 0.1) is 6.54 Å². The highest BCUT2D eigenvalue weighted by atomic mass is 16.5. The van der Waals surface area contributed by atoms with Crippen molar-refractivity contribution >= 4 is 0 Å². The first-order valence-corrected chi connectivity index (χ1v) is 11.3. The summed E-state index contributed by atoms with van der Waals surface area (Å²) in [6, 6.07) is 8.72. The van der Waals surface area contributed by atoms with Crippen molar-refractivity contribution in [3.05, 3.63) is 48.0 Å². The van der Waals surface area contributed by atoms with Gasteiger partial charge in [0.15, 0.2) is 0 Å². The first kappa shape index (κ1) is 22.8. The van der Waals surface area contributed by atoms with E-state index in [2.05, 4.69) is 46.4 Å². The molecule has 1 heterocycles. The summed E-state index contributed by atoms with van der Waals surface area (Å²) < 4.78 is 8.21. The summed E-state index contributed by atoms with van der Waals surface area (Å²) in [5, 5.41) is 10.5. The number of hydrogen-bond donors (Lipinski definition) is 1. The van der Waals surface area contributed by atoms with E-state index < -0.39 is 6.10 Å². The average Bonchev–Trinajstić information content (AvgIpc) is 3.20. The van der Waals surface area contributed by atoms with Crippen LogP contribution in [-0.4, -0.2) is 63.9 Å². The molecule has 1 aliphatic carbocycles. The van der Waals surface area contributed by atoms with Crippen molar-refractivity contribution in [2.45, 2.75) is 70.8 Å². The van der Waals surface area contributed by atoms with Crippen LogP contribution in [0.1, 0.15) is 50.4 Å². The van der Waals surface area contributed by atoms with Gasteiger partial charge in [0.1, 0.15) is 24.3 Å². The summed E-state index contributed by atoms with van der Waals surface area (Å²) in [7, 11) is 4.22. The molecule has 0 radical (unpaired) electrons.